The number of carbonyl (C=O) groups excluding carboxylic acids is 1. The van der Waals surface area contributed by atoms with Crippen LogP contribution in [0.5, 0.6) is 0 Å². The van der Waals surface area contributed by atoms with Crippen molar-refractivity contribution in [1.29, 1.82) is 0 Å². The van der Waals surface area contributed by atoms with Gasteiger partial charge in [0.15, 0.2) is 6.04 Å². The fourth-order valence-corrected chi connectivity index (χ4v) is 0.977. The minimum Gasteiger partial charge on any atom is -0.480 e. The van der Waals surface area contributed by atoms with Gasteiger partial charge in [-0.05, 0) is 6.07 Å². The van der Waals surface area contributed by atoms with Gasteiger partial charge in [0.2, 0.25) is 0 Å². The van der Waals surface area contributed by atoms with Gasteiger partial charge in [0, 0.05) is 7.11 Å². The van der Waals surface area contributed by atoms with E-state index in [9.17, 15) is 9.59 Å². The number of carboxylic acid groups (broad SMARTS) is 1. The molecule has 0 aliphatic carbocycles. The zero-order valence-corrected chi connectivity index (χ0v) is 8.10. The number of carboxylic acids is 1. The van der Waals surface area contributed by atoms with Crippen molar-refractivity contribution >= 4 is 11.9 Å². The summed E-state index contributed by atoms with van der Waals surface area (Å²) in [5, 5.41) is 11.0. The number of hydrogen-bond acceptors (Lipinski definition) is 4. The molecule has 1 amide bonds. The molecule has 2 N–H and O–H groups in total. The molecule has 0 bridgehead atoms. The lowest BCUT2D eigenvalue weighted by molar-refractivity contribution is -0.140. The van der Waals surface area contributed by atoms with E-state index in [4.69, 9.17) is 9.52 Å². The molecular formula is C9H11NO5. The lowest BCUT2D eigenvalue weighted by atomic mass is 10.2. The van der Waals surface area contributed by atoms with Crippen LogP contribution in [0.25, 0.3) is 0 Å². The first-order valence-corrected chi connectivity index (χ1v) is 4.20. The van der Waals surface area contributed by atoms with E-state index in [0.717, 1.165) is 0 Å². The summed E-state index contributed by atoms with van der Waals surface area (Å²) in [5.41, 5.74) is 0.275. The average Bonchev–Trinajstić information content (AvgIpc) is 2.69. The molecule has 6 heteroatoms. The number of ether oxygens (including phenoxy) is 1. The van der Waals surface area contributed by atoms with E-state index in [1.807, 2.05) is 0 Å². The average molecular weight is 213 g/mol. The molecule has 1 aromatic heterocycles. The van der Waals surface area contributed by atoms with Gasteiger partial charge in [-0.25, -0.2) is 4.79 Å². The van der Waals surface area contributed by atoms with Crippen molar-refractivity contribution in [3.05, 3.63) is 24.2 Å². The van der Waals surface area contributed by atoms with Gasteiger partial charge < -0.3 is 19.6 Å². The standard InChI is InChI=1S/C9H11NO5/c1-14-5-7(9(12)13)10-8(11)6-2-3-15-4-6/h2-4,7H,5H2,1H3,(H,10,11)(H,12,13). The summed E-state index contributed by atoms with van der Waals surface area (Å²) in [5.74, 6) is -1.65. The molecule has 1 rings (SSSR count). The first-order valence-electron chi connectivity index (χ1n) is 4.20. The second kappa shape index (κ2) is 5.16. The zero-order chi connectivity index (χ0) is 11.3. The Morgan fingerprint density at radius 2 is 2.40 bits per heavy atom. The number of methoxy groups -OCH3 is 1. The quantitative estimate of drug-likeness (QED) is 0.724. The van der Waals surface area contributed by atoms with Gasteiger partial charge in [0.1, 0.15) is 6.26 Å². The van der Waals surface area contributed by atoms with Crippen molar-refractivity contribution in [1.82, 2.24) is 5.32 Å². The summed E-state index contributed by atoms with van der Waals surface area (Å²) in [7, 11) is 1.36. The number of rotatable bonds is 5. The van der Waals surface area contributed by atoms with Gasteiger partial charge in [-0.2, -0.15) is 0 Å². The Balaban J connectivity index is 2.59. The number of aliphatic carboxylic acids is 1. The van der Waals surface area contributed by atoms with E-state index in [1.165, 1.54) is 25.7 Å². The van der Waals surface area contributed by atoms with Gasteiger partial charge in [0.25, 0.3) is 5.91 Å². The molecule has 0 spiro atoms. The van der Waals surface area contributed by atoms with Crippen molar-refractivity contribution in [3.63, 3.8) is 0 Å². The maximum Gasteiger partial charge on any atom is 0.328 e. The number of hydrogen-bond donors (Lipinski definition) is 2. The molecule has 1 heterocycles. The van der Waals surface area contributed by atoms with E-state index in [-0.39, 0.29) is 12.2 Å². The lowest BCUT2D eigenvalue weighted by Gasteiger charge is -2.12. The number of furan rings is 1. The highest BCUT2D eigenvalue weighted by atomic mass is 16.5. The van der Waals surface area contributed by atoms with Crippen molar-refractivity contribution in [2.24, 2.45) is 0 Å². The summed E-state index contributed by atoms with van der Waals surface area (Å²) in [6, 6.07) is 0.388. The second-order valence-electron chi connectivity index (χ2n) is 2.83. The Morgan fingerprint density at radius 3 is 2.87 bits per heavy atom. The van der Waals surface area contributed by atoms with Gasteiger partial charge in [0.05, 0.1) is 18.4 Å². The summed E-state index contributed by atoms with van der Waals surface area (Å²) in [6.45, 7) is -0.0844. The minimum absolute atomic E-state index is 0.0844. The van der Waals surface area contributed by atoms with Crippen LogP contribution in [0.4, 0.5) is 0 Å². The molecule has 1 atom stereocenters. The van der Waals surface area contributed by atoms with Gasteiger partial charge in [-0.15, -0.1) is 0 Å². The summed E-state index contributed by atoms with van der Waals surface area (Å²) < 4.78 is 9.36. The molecule has 0 aliphatic rings. The maximum atomic E-state index is 11.4. The Hall–Kier alpha value is -1.82. The molecule has 0 radical (unpaired) electrons. The van der Waals surface area contributed by atoms with Crippen molar-refractivity contribution in [2.45, 2.75) is 6.04 Å². The Morgan fingerprint density at radius 1 is 1.67 bits per heavy atom. The third-order valence-electron chi connectivity index (χ3n) is 1.72. The van der Waals surface area contributed by atoms with E-state index < -0.39 is 17.9 Å². The predicted octanol–water partition coefficient (Wildman–Crippen LogP) is 0.109. The Bertz CT molecular complexity index is 332. The smallest absolute Gasteiger partial charge is 0.328 e. The summed E-state index contributed by atoms with van der Waals surface area (Å²) >= 11 is 0. The lowest BCUT2D eigenvalue weighted by Crippen LogP contribution is -2.43. The third kappa shape index (κ3) is 3.10. The molecule has 1 aromatic rings. The van der Waals surface area contributed by atoms with Crippen LogP contribution in [-0.2, 0) is 9.53 Å². The Labute approximate surface area is 85.8 Å². The minimum atomic E-state index is -1.14. The molecule has 6 nitrogen and oxygen atoms in total. The van der Waals surface area contributed by atoms with E-state index in [2.05, 4.69) is 10.1 Å². The second-order valence-corrected chi connectivity index (χ2v) is 2.83. The van der Waals surface area contributed by atoms with Crippen LogP contribution in [0.1, 0.15) is 10.4 Å². The van der Waals surface area contributed by atoms with Crippen molar-refractivity contribution in [3.8, 4) is 0 Å². The van der Waals surface area contributed by atoms with Gasteiger partial charge in [-0.3, -0.25) is 4.79 Å². The first kappa shape index (κ1) is 11.3. The molecule has 0 aliphatic heterocycles. The number of carbonyl (C=O) groups is 2. The van der Waals surface area contributed by atoms with Crippen LogP contribution < -0.4 is 5.32 Å². The summed E-state index contributed by atoms with van der Waals surface area (Å²) in [4.78, 5) is 22.1. The molecule has 0 saturated carbocycles. The molecule has 1 unspecified atom stereocenters. The maximum absolute atomic E-state index is 11.4. The van der Waals surface area contributed by atoms with Crippen LogP contribution in [0.3, 0.4) is 0 Å². The number of nitrogens with one attached hydrogen (secondary N) is 1. The highest BCUT2D eigenvalue weighted by Gasteiger charge is 2.20. The molecule has 15 heavy (non-hydrogen) atoms. The molecule has 0 saturated heterocycles. The third-order valence-corrected chi connectivity index (χ3v) is 1.72. The molecule has 0 fully saturated rings. The monoisotopic (exact) mass is 213 g/mol. The van der Waals surface area contributed by atoms with E-state index in [1.54, 1.807) is 0 Å². The van der Waals surface area contributed by atoms with Gasteiger partial charge in [-0.1, -0.05) is 0 Å². The topological polar surface area (TPSA) is 88.8 Å². The van der Waals surface area contributed by atoms with Crippen molar-refractivity contribution < 1.29 is 23.8 Å². The van der Waals surface area contributed by atoms with Crippen molar-refractivity contribution in [2.75, 3.05) is 13.7 Å². The Kier molecular flexibility index (Phi) is 3.87. The fourth-order valence-electron chi connectivity index (χ4n) is 0.977. The van der Waals surface area contributed by atoms with Crippen LogP contribution in [-0.4, -0.2) is 36.7 Å². The largest absolute Gasteiger partial charge is 0.480 e. The summed E-state index contributed by atoms with van der Waals surface area (Å²) in [6.07, 6.45) is 2.57. The highest BCUT2D eigenvalue weighted by molar-refractivity contribution is 5.96. The van der Waals surface area contributed by atoms with Gasteiger partial charge >= 0.3 is 5.97 Å². The zero-order valence-electron chi connectivity index (χ0n) is 8.10. The molecule has 0 aromatic carbocycles. The van der Waals surface area contributed by atoms with Crippen LogP contribution in [0.15, 0.2) is 23.0 Å². The SMILES string of the molecule is COCC(NC(=O)c1ccoc1)C(=O)O. The van der Waals surface area contributed by atoms with E-state index in [0.29, 0.717) is 0 Å². The number of amides is 1. The van der Waals surface area contributed by atoms with Crippen LogP contribution in [0.2, 0.25) is 0 Å². The molecular weight excluding hydrogens is 202 g/mol. The fraction of sp³-hybridized carbons (Fsp3) is 0.333. The molecule has 82 valence electrons. The first-order chi connectivity index (χ1) is 7.15. The predicted molar refractivity (Wildman–Crippen MR) is 49.5 cm³/mol. The van der Waals surface area contributed by atoms with E-state index >= 15 is 0 Å². The van der Waals surface area contributed by atoms with Crippen LogP contribution >= 0.6 is 0 Å². The highest BCUT2D eigenvalue weighted by Crippen LogP contribution is 2.00. The normalized spacial score (nSPS) is 12.1. The van der Waals surface area contributed by atoms with Crippen LogP contribution in [0, 0.1) is 0 Å².